The van der Waals surface area contributed by atoms with Crippen LogP contribution in [0, 0.1) is 5.92 Å². The fraction of sp³-hybridized carbons (Fsp3) is 0.571. The highest BCUT2D eigenvalue weighted by atomic mass is 16.6. The number of carbonyl (C=O) groups is 2. The molecule has 0 saturated heterocycles. The van der Waals surface area contributed by atoms with Gasteiger partial charge in [-0.3, -0.25) is 4.79 Å². The maximum absolute atomic E-state index is 13.5. The van der Waals surface area contributed by atoms with E-state index < -0.39 is 29.2 Å². The largest absolute Gasteiger partial charge is 0.444 e. The van der Waals surface area contributed by atoms with Crippen LogP contribution >= 0.6 is 0 Å². The summed E-state index contributed by atoms with van der Waals surface area (Å²) in [4.78, 5) is 35.5. The van der Waals surface area contributed by atoms with Crippen LogP contribution in [0.5, 0.6) is 0 Å². The van der Waals surface area contributed by atoms with Crippen LogP contribution in [0.25, 0.3) is 21.9 Å². The molecule has 0 aliphatic rings. The molecule has 208 valence electrons. The van der Waals surface area contributed by atoms with Crippen molar-refractivity contribution in [3.05, 3.63) is 30.1 Å². The molecule has 10 nitrogen and oxygen atoms in total. The van der Waals surface area contributed by atoms with Crippen LogP contribution in [0.2, 0.25) is 0 Å². The fourth-order valence-electron chi connectivity index (χ4n) is 4.19. The molecule has 3 aromatic rings. The Morgan fingerprint density at radius 1 is 1.11 bits per heavy atom. The number of alkyl carbamates (subject to hydrolysis) is 1. The van der Waals surface area contributed by atoms with Gasteiger partial charge in [0, 0.05) is 12.0 Å². The van der Waals surface area contributed by atoms with Gasteiger partial charge >= 0.3 is 6.09 Å². The Kier molecular flexibility index (Phi) is 8.99. The second-order valence-corrected chi connectivity index (χ2v) is 11.6. The molecule has 0 saturated carbocycles. The number of aliphatic hydroxyl groups is 1. The normalized spacial score (nSPS) is 13.2. The minimum atomic E-state index is -1.03. The van der Waals surface area contributed by atoms with Gasteiger partial charge in [0.25, 0.3) is 0 Å². The van der Waals surface area contributed by atoms with Crippen molar-refractivity contribution in [1.82, 2.24) is 19.9 Å². The topological polar surface area (TPSA) is 128 Å². The van der Waals surface area contributed by atoms with Gasteiger partial charge in [-0.25, -0.2) is 14.8 Å². The van der Waals surface area contributed by atoms with Gasteiger partial charge in [0.15, 0.2) is 5.82 Å². The molecule has 2 aromatic heterocycles. The Labute approximate surface area is 224 Å². The van der Waals surface area contributed by atoms with Crippen molar-refractivity contribution in [2.45, 2.75) is 92.2 Å². The molecule has 2 heterocycles. The SMILES string of the molecule is CCOCc1nc2c(NC(=O)C(CC(C)C)NC(=O)OC(C)(C)C)nc3ccccc3c2n1CC(C)(C)O. The third-order valence-electron chi connectivity index (χ3n) is 5.60. The standard InChI is InChI=1S/C28H41N5O5/c1-9-37-15-21-31-22-23(33(21)16-28(7,8)36)18-12-10-11-13-19(18)29-24(22)32-25(34)20(14-17(2)3)30-26(35)38-27(4,5)6/h10-13,17,20,36H,9,14-16H2,1-8H3,(H,30,35)(H,29,32,34). The van der Waals surface area contributed by atoms with Crippen LogP contribution in [0.4, 0.5) is 10.6 Å². The lowest BCUT2D eigenvalue weighted by atomic mass is 10.0. The summed E-state index contributed by atoms with van der Waals surface area (Å²) < 4.78 is 13.0. The molecule has 10 heteroatoms. The summed E-state index contributed by atoms with van der Waals surface area (Å²) in [5, 5.41) is 17.1. The smallest absolute Gasteiger partial charge is 0.408 e. The van der Waals surface area contributed by atoms with Gasteiger partial charge in [-0.2, -0.15) is 0 Å². The molecule has 0 fully saturated rings. The number of hydrogen-bond donors (Lipinski definition) is 3. The molecule has 3 N–H and O–H groups in total. The van der Waals surface area contributed by atoms with E-state index in [4.69, 9.17) is 19.4 Å². The Morgan fingerprint density at radius 3 is 2.39 bits per heavy atom. The van der Waals surface area contributed by atoms with Crippen molar-refractivity contribution in [2.75, 3.05) is 11.9 Å². The van der Waals surface area contributed by atoms with Gasteiger partial charge in [0.05, 0.1) is 23.2 Å². The van der Waals surface area contributed by atoms with E-state index in [1.165, 1.54) is 0 Å². The average molecular weight is 528 g/mol. The number of nitrogens with zero attached hydrogens (tertiary/aromatic N) is 3. The number of hydrogen-bond acceptors (Lipinski definition) is 7. The number of rotatable bonds is 10. The number of ether oxygens (including phenoxy) is 2. The van der Waals surface area contributed by atoms with Gasteiger partial charge < -0.3 is 29.8 Å². The van der Waals surface area contributed by atoms with Gasteiger partial charge in [-0.1, -0.05) is 32.0 Å². The van der Waals surface area contributed by atoms with E-state index in [0.29, 0.717) is 29.9 Å². The van der Waals surface area contributed by atoms with Crippen molar-refractivity contribution in [1.29, 1.82) is 0 Å². The van der Waals surface area contributed by atoms with Crippen LogP contribution in [-0.2, 0) is 27.4 Å². The third kappa shape index (κ3) is 7.64. The van der Waals surface area contributed by atoms with E-state index in [-0.39, 0.29) is 24.9 Å². The van der Waals surface area contributed by atoms with E-state index in [9.17, 15) is 14.7 Å². The fourth-order valence-corrected chi connectivity index (χ4v) is 4.19. The molecule has 38 heavy (non-hydrogen) atoms. The summed E-state index contributed by atoms with van der Waals surface area (Å²) in [6.45, 7) is 15.6. The highest BCUT2D eigenvalue weighted by Crippen LogP contribution is 2.31. The highest BCUT2D eigenvalue weighted by Gasteiger charge is 2.28. The van der Waals surface area contributed by atoms with Crippen molar-refractivity contribution in [2.24, 2.45) is 5.92 Å². The Morgan fingerprint density at radius 2 is 1.79 bits per heavy atom. The van der Waals surface area contributed by atoms with E-state index in [1.54, 1.807) is 34.6 Å². The first-order valence-electron chi connectivity index (χ1n) is 13.1. The van der Waals surface area contributed by atoms with Gasteiger partial charge in [0.2, 0.25) is 5.91 Å². The Balaban J connectivity index is 2.09. The number of pyridine rings is 1. The molecular weight excluding hydrogens is 486 g/mol. The van der Waals surface area contributed by atoms with Crippen molar-refractivity contribution in [3.8, 4) is 0 Å². The van der Waals surface area contributed by atoms with Crippen molar-refractivity contribution >= 4 is 39.8 Å². The van der Waals surface area contributed by atoms with Crippen LogP contribution in [0.3, 0.4) is 0 Å². The summed E-state index contributed by atoms with van der Waals surface area (Å²) in [5.74, 6) is 0.602. The maximum atomic E-state index is 13.5. The monoisotopic (exact) mass is 527 g/mol. The first-order chi connectivity index (χ1) is 17.7. The molecule has 1 unspecified atom stereocenters. The first-order valence-corrected chi connectivity index (χ1v) is 13.1. The van der Waals surface area contributed by atoms with E-state index >= 15 is 0 Å². The second-order valence-electron chi connectivity index (χ2n) is 11.6. The van der Waals surface area contributed by atoms with E-state index in [2.05, 4.69) is 10.6 Å². The zero-order chi connectivity index (χ0) is 28.3. The van der Waals surface area contributed by atoms with Crippen molar-refractivity contribution in [3.63, 3.8) is 0 Å². The average Bonchev–Trinajstić information content (AvgIpc) is 3.12. The summed E-state index contributed by atoms with van der Waals surface area (Å²) in [6.07, 6.45) is -0.256. The number of anilines is 1. The molecule has 0 spiro atoms. The molecule has 0 aliphatic heterocycles. The number of imidazole rings is 1. The molecule has 0 aliphatic carbocycles. The first kappa shape index (κ1) is 29.3. The zero-order valence-corrected chi connectivity index (χ0v) is 23.7. The van der Waals surface area contributed by atoms with E-state index in [1.807, 2.05) is 49.6 Å². The number of benzene rings is 1. The third-order valence-corrected chi connectivity index (χ3v) is 5.60. The lowest BCUT2D eigenvalue weighted by Crippen LogP contribution is -2.46. The Hall–Kier alpha value is -3.24. The van der Waals surface area contributed by atoms with Crippen LogP contribution in [0.1, 0.15) is 67.6 Å². The molecule has 1 aromatic carbocycles. The van der Waals surface area contributed by atoms with Crippen molar-refractivity contribution < 1.29 is 24.2 Å². The Bertz CT molecular complexity index is 1290. The summed E-state index contributed by atoms with van der Waals surface area (Å²) in [5.41, 5.74) is 0.164. The summed E-state index contributed by atoms with van der Waals surface area (Å²) in [7, 11) is 0. The summed E-state index contributed by atoms with van der Waals surface area (Å²) >= 11 is 0. The number of fused-ring (bicyclic) bond motifs is 3. The molecule has 2 amide bonds. The number of carbonyl (C=O) groups excluding carboxylic acids is 2. The molecule has 3 rings (SSSR count). The predicted octanol–water partition coefficient (Wildman–Crippen LogP) is 4.77. The minimum absolute atomic E-state index is 0.133. The zero-order valence-electron chi connectivity index (χ0n) is 23.7. The lowest BCUT2D eigenvalue weighted by molar-refractivity contribution is -0.118. The predicted molar refractivity (Wildman–Crippen MR) is 148 cm³/mol. The van der Waals surface area contributed by atoms with Crippen LogP contribution < -0.4 is 10.6 Å². The molecule has 1 atom stereocenters. The van der Waals surface area contributed by atoms with Gasteiger partial charge in [-0.05, 0) is 59.9 Å². The van der Waals surface area contributed by atoms with E-state index in [0.717, 1.165) is 10.9 Å². The molecule has 0 radical (unpaired) electrons. The molecular formula is C28H41N5O5. The number of para-hydroxylation sites is 1. The van der Waals surface area contributed by atoms with Gasteiger partial charge in [-0.15, -0.1) is 0 Å². The second kappa shape index (κ2) is 11.7. The highest BCUT2D eigenvalue weighted by molar-refractivity contribution is 6.10. The minimum Gasteiger partial charge on any atom is -0.444 e. The maximum Gasteiger partial charge on any atom is 0.408 e. The van der Waals surface area contributed by atoms with Crippen LogP contribution in [0.15, 0.2) is 24.3 Å². The number of amides is 2. The number of aromatic nitrogens is 3. The quantitative estimate of drug-likeness (QED) is 0.346. The summed E-state index contributed by atoms with van der Waals surface area (Å²) in [6, 6.07) is 6.74. The molecule has 0 bridgehead atoms. The van der Waals surface area contributed by atoms with Crippen LogP contribution in [-0.4, -0.2) is 55.5 Å². The van der Waals surface area contributed by atoms with Gasteiger partial charge in [0.1, 0.15) is 29.6 Å². The lowest BCUT2D eigenvalue weighted by Gasteiger charge is -2.24. The number of nitrogens with one attached hydrogen (secondary N) is 2.